The van der Waals surface area contributed by atoms with E-state index in [0.29, 0.717) is 30.4 Å². The molecule has 1 N–H and O–H groups in total. The molecule has 1 amide bonds. The first-order valence-corrected chi connectivity index (χ1v) is 8.10. The molecule has 118 valence electrons. The third kappa shape index (κ3) is 4.46. The number of ether oxygens (including phenoxy) is 2. The number of hydrogen-bond acceptors (Lipinski definition) is 5. The Hall–Kier alpha value is -2.08. The van der Waals surface area contributed by atoms with Crippen molar-refractivity contribution in [3.8, 4) is 11.5 Å². The number of thiazole rings is 1. The first kappa shape index (κ1) is 16.3. The van der Waals surface area contributed by atoms with Crippen LogP contribution in [-0.2, 0) is 11.2 Å². The Morgan fingerprint density at radius 3 is 2.68 bits per heavy atom. The number of aromatic nitrogens is 1. The van der Waals surface area contributed by atoms with Gasteiger partial charge in [0.05, 0.1) is 36.0 Å². The monoisotopic (exact) mass is 320 g/mol. The summed E-state index contributed by atoms with van der Waals surface area (Å²) in [6.07, 6.45) is 0.245. The molecule has 5 nitrogen and oxygen atoms in total. The highest BCUT2D eigenvalue weighted by molar-refractivity contribution is 7.09. The second kappa shape index (κ2) is 7.79. The number of nitrogens with one attached hydrogen (secondary N) is 1. The smallest absolute Gasteiger partial charge is 0.230 e. The van der Waals surface area contributed by atoms with Gasteiger partial charge in [0.2, 0.25) is 5.91 Å². The Bertz CT molecular complexity index is 640. The topological polar surface area (TPSA) is 60.5 Å². The number of carbonyl (C=O) groups excluding carboxylic acids is 1. The van der Waals surface area contributed by atoms with Gasteiger partial charge in [-0.1, -0.05) is 0 Å². The number of anilines is 1. The summed E-state index contributed by atoms with van der Waals surface area (Å²) in [7, 11) is 0. The molecule has 1 aromatic carbocycles. The minimum Gasteiger partial charge on any atom is -0.494 e. The zero-order valence-corrected chi connectivity index (χ0v) is 13.8. The van der Waals surface area contributed by atoms with Crippen molar-refractivity contribution in [3.63, 3.8) is 0 Å². The highest BCUT2D eigenvalue weighted by atomic mass is 32.1. The first-order chi connectivity index (χ1) is 10.6. The summed E-state index contributed by atoms with van der Waals surface area (Å²) < 4.78 is 11.0. The zero-order chi connectivity index (χ0) is 15.9. The molecule has 0 aliphatic rings. The molecule has 0 unspecified atom stereocenters. The van der Waals surface area contributed by atoms with Crippen LogP contribution in [-0.4, -0.2) is 24.1 Å². The molecular formula is C16H20N2O3S. The molecular weight excluding hydrogens is 300 g/mol. The first-order valence-electron chi connectivity index (χ1n) is 7.22. The van der Waals surface area contributed by atoms with Gasteiger partial charge in [0, 0.05) is 11.4 Å². The van der Waals surface area contributed by atoms with Gasteiger partial charge in [0.15, 0.2) is 0 Å². The van der Waals surface area contributed by atoms with Gasteiger partial charge in [0.25, 0.3) is 0 Å². The lowest BCUT2D eigenvalue weighted by atomic mass is 10.2. The van der Waals surface area contributed by atoms with Gasteiger partial charge >= 0.3 is 0 Å². The molecule has 1 heterocycles. The van der Waals surface area contributed by atoms with Crippen molar-refractivity contribution in [2.24, 2.45) is 0 Å². The summed E-state index contributed by atoms with van der Waals surface area (Å²) in [4.78, 5) is 16.5. The van der Waals surface area contributed by atoms with Crippen molar-refractivity contribution in [1.82, 2.24) is 4.98 Å². The molecule has 0 aliphatic heterocycles. The number of benzene rings is 1. The Balaban J connectivity index is 2.11. The molecule has 0 fully saturated rings. The van der Waals surface area contributed by atoms with E-state index in [9.17, 15) is 4.79 Å². The standard InChI is InChI=1S/C16H20N2O3S/c1-4-20-13-6-7-15(21-5-2)14(9-13)18-16(19)8-12-10-22-11(3)17-12/h6-7,9-10H,4-5,8H2,1-3H3,(H,18,19). The summed E-state index contributed by atoms with van der Waals surface area (Å²) in [6, 6.07) is 5.41. The predicted molar refractivity (Wildman–Crippen MR) is 88.0 cm³/mol. The van der Waals surface area contributed by atoms with Gasteiger partial charge in [-0.25, -0.2) is 4.98 Å². The Labute approximate surface area is 134 Å². The second-order valence-electron chi connectivity index (χ2n) is 4.61. The quantitative estimate of drug-likeness (QED) is 0.849. The SMILES string of the molecule is CCOc1ccc(OCC)c(NC(=O)Cc2csc(C)n2)c1. The Morgan fingerprint density at radius 1 is 1.27 bits per heavy atom. The van der Waals surface area contributed by atoms with Crippen molar-refractivity contribution in [1.29, 1.82) is 0 Å². The normalized spacial score (nSPS) is 10.3. The Kier molecular flexibility index (Phi) is 5.77. The maximum absolute atomic E-state index is 12.2. The van der Waals surface area contributed by atoms with E-state index in [0.717, 1.165) is 10.7 Å². The predicted octanol–water partition coefficient (Wildman–Crippen LogP) is 3.43. The van der Waals surface area contributed by atoms with Crippen LogP contribution in [0.15, 0.2) is 23.6 Å². The number of carbonyl (C=O) groups is 1. The summed E-state index contributed by atoms with van der Waals surface area (Å²) in [5.74, 6) is 1.21. The van der Waals surface area contributed by atoms with Crippen molar-refractivity contribution in [3.05, 3.63) is 34.3 Å². The van der Waals surface area contributed by atoms with Crippen LogP contribution < -0.4 is 14.8 Å². The van der Waals surface area contributed by atoms with Crippen molar-refractivity contribution >= 4 is 22.9 Å². The van der Waals surface area contributed by atoms with Gasteiger partial charge in [-0.2, -0.15) is 0 Å². The molecule has 0 aliphatic carbocycles. The fraction of sp³-hybridized carbons (Fsp3) is 0.375. The van der Waals surface area contributed by atoms with E-state index in [4.69, 9.17) is 9.47 Å². The summed E-state index contributed by atoms with van der Waals surface area (Å²) in [6.45, 7) is 6.84. The molecule has 1 aromatic heterocycles. The molecule has 2 rings (SSSR count). The van der Waals surface area contributed by atoms with Crippen molar-refractivity contribution in [2.75, 3.05) is 18.5 Å². The van der Waals surface area contributed by atoms with E-state index in [1.807, 2.05) is 32.2 Å². The number of amides is 1. The molecule has 0 spiro atoms. The molecule has 0 saturated carbocycles. The zero-order valence-electron chi connectivity index (χ0n) is 13.0. The van der Waals surface area contributed by atoms with Gasteiger partial charge in [-0.05, 0) is 32.9 Å². The van der Waals surface area contributed by atoms with E-state index in [1.54, 1.807) is 12.1 Å². The van der Waals surface area contributed by atoms with Gasteiger partial charge < -0.3 is 14.8 Å². The van der Waals surface area contributed by atoms with Crippen LogP contribution in [0.4, 0.5) is 5.69 Å². The molecule has 2 aromatic rings. The number of aryl methyl sites for hydroxylation is 1. The molecule has 0 radical (unpaired) electrons. The minimum atomic E-state index is -0.125. The van der Waals surface area contributed by atoms with Crippen LogP contribution in [0.3, 0.4) is 0 Å². The highest BCUT2D eigenvalue weighted by Gasteiger charge is 2.11. The fourth-order valence-corrected chi connectivity index (χ4v) is 2.61. The minimum absolute atomic E-state index is 0.125. The van der Waals surface area contributed by atoms with E-state index >= 15 is 0 Å². The van der Waals surface area contributed by atoms with Gasteiger partial charge in [-0.3, -0.25) is 4.79 Å². The molecule has 6 heteroatoms. The van der Waals surface area contributed by atoms with Crippen molar-refractivity contribution in [2.45, 2.75) is 27.2 Å². The summed E-state index contributed by atoms with van der Waals surface area (Å²) in [5.41, 5.74) is 1.39. The second-order valence-corrected chi connectivity index (χ2v) is 5.67. The molecule has 22 heavy (non-hydrogen) atoms. The van der Waals surface area contributed by atoms with Gasteiger partial charge in [-0.15, -0.1) is 11.3 Å². The number of hydrogen-bond donors (Lipinski definition) is 1. The lowest BCUT2D eigenvalue weighted by molar-refractivity contribution is -0.115. The van der Waals surface area contributed by atoms with Crippen LogP contribution >= 0.6 is 11.3 Å². The molecule has 0 bridgehead atoms. The lowest BCUT2D eigenvalue weighted by Gasteiger charge is -2.13. The summed E-state index contributed by atoms with van der Waals surface area (Å²) in [5, 5.41) is 5.73. The van der Waals surface area contributed by atoms with E-state index in [1.165, 1.54) is 11.3 Å². The Morgan fingerprint density at radius 2 is 2.05 bits per heavy atom. The average molecular weight is 320 g/mol. The maximum atomic E-state index is 12.2. The van der Waals surface area contributed by atoms with Crippen LogP contribution in [0.1, 0.15) is 24.5 Å². The third-order valence-corrected chi connectivity index (χ3v) is 3.67. The van der Waals surface area contributed by atoms with Crippen LogP contribution in [0.25, 0.3) is 0 Å². The van der Waals surface area contributed by atoms with Crippen LogP contribution in [0.2, 0.25) is 0 Å². The van der Waals surface area contributed by atoms with Crippen molar-refractivity contribution < 1.29 is 14.3 Å². The molecule has 0 saturated heterocycles. The third-order valence-electron chi connectivity index (χ3n) is 2.84. The number of nitrogens with zero attached hydrogens (tertiary/aromatic N) is 1. The average Bonchev–Trinajstić information content (AvgIpc) is 2.87. The number of rotatable bonds is 7. The highest BCUT2D eigenvalue weighted by Crippen LogP contribution is 2.29. The van der Waals surface area contributed by atoms with Gasteiger partial charge in [0.1, 0.15) is 11.5 Å². The van der Waals surface area contributed by atoms with Crippen LogP contribution in [0.5, 0.6) is 11.5 Å². The fourth-order valence-electron chi connectivity index (χ4n) is 1.99. The van der Waals surface area contributed by atoms with Crippen LogP contribution in [0, 0.1) is 6.92 Å². The maximum Gasteiger partial charge on any atom is 0.230 e. The van der Waals surface area contributed by atoms with E-state index < -0.39 is 0 Å². The summed E-state index contributed by atoms with van der Waals surface area (Å²) >= 11 is 1.54. The largest absolute Gasteiger partial charge is 0.494 e. The van der Waals surface area contributed by atoms with E-state index in [2.05, 4.69) is 10.3 Å². The lowest BCUT2D eigenvalue weighted by Crippen LogP contribution is -2.15. The van der Waals surface area contributed by atoms with E-state index in [-0.39, 0.29) is 12.3 Å². The molecule has 0 atom stereocenters.